The third-order valence-corrected chi connectivity index (χ3v) is 4.76. The standard InChI is InChI=1S/C17H29N3O/c1-5-13(3)16-12-20(15(6-2)10-18-16)11-14-7-8-17(21-4)19-9-14/h7-9,13,15-16,18H,5-6,10-12H2,1-4H3. The van der Waals surface area contributed by atoms with Crippen LogP contribution in [0.1, 0.15) is 39.2 Å². The van der Waals surface area contributed by atoms with E-state index in [1.807, 2.05) is 12.3 Å². The smallest absolute Gasteiger partial charge is 0.212 e. The van der Waals surface area contributed by atoms with E-state index in [4.69, 9.17) is 4.74 Å². The quantitative estimate of drug-likeness (QED) is 0.874. The summed E-state index contributed by atoms with van der Waals surface area (Å²) >= 11 is 0. The highest BCUT2D eigenvalue weighted by molar-refractivity contribution is 5.18. The van der Waals surface area contributed by atoms with Crippen LogP contribution in [0.5, 0.6) is 5.88 Å². The van der Waals surface area contributed by atoms with Crippen molar-refractivity contribution < 1.29 is 4.74 Å². The van der Waals surface area contributed by atoms with E-state index in [1.54, 1.807) is 7.11 Å². The zero-order chi connectivity index (χ0) is 15.2. The maximum absolute atomic E-state index is 5.13. The third kappa shape index (κ3) is 4.17. The Labute approximate surface area is 128 Å². The molecule has 0 aliphatic carbocycles. The second kappa shape index (κ2) is 7.76. The molecule has 0 bridgehead atoms. The third-order valence-electron chi connectivity index (χ3n) is 4.76. The predicted molar refractivity (Wildman–Crippen MR) is 86.5 cm³/mol. The number of rotatable bonds is 6. The molecule has 1 fully saturated rings. The van der Waals surface area contributed by atoms with Crippen molar-refractivity contribution in [3.05, 3.63) is 23.9 Å². The lowest BCUT2D eigenvalue weighted by molar-refractivity contribution is 0.0992. The normalized spacial score (nSPS) is 24.8. The molecule has 1 aliphatic rings. The molecule has 3 atom stereocenters. The number of piperazine rings is 1. The van der Waals surface area contributed by atoms with Gasteiger partial charge in [0, 0.05) is 44.0 Å². The summed E-state index contributed by atoms with van der Waals surface area (Å²) < 4.78 is 5.13. The molecule has 1 N–H and O–H groups in total. The van der Waals surface area contributed by atoms with Gasteiger partial charge in [-0.05, 0) is 17.9 Å². The van der Waals surface area contributed by atoms with Crippen LogP contribution in [-0.4, -0.2) is 42.2 Å². The van der Waals surface area contributed by atoms with Gasteiger partial charge in [0.15, 0.2) is 0 Å². The van der Waals surface area contributed by atoms with E-state index in [2.05, 4.69) is 42.0 Å². The molecule has 4 heteroatoms. The molecule has 0 radical (unpaired) electrons. The van der Waals surface area contributed by atoms with E-state index in [0.717, 1.165) is 25.6 Å². The Kier molecular flexibility index (Phi) is 6.00. The molecule has 0 amide bonds. The highest BCUT2D eigenvalue weighted by Gasteiger charge is 2.29. The lowest BCUT2D eigenvalue weighted by atomic mass is 9.94. The molecule has 1 aromatic heterocycles. The van der Waals surface area contributed by atoms with Gasteiger partial charge in [-0.1, -0.05) is 33.3 Å². The summed E-state index contributed by atoms with van der Waals surface area (Å²) in [5.74, 6) is 1.41. The van der Waals surface area contributed by atoms with Crippen molar-refractivity contribution in [3.63, 3.8) is 0 Å². The number of hydrogen-bond donors (Lipinski definition) is 1. The average Bonchev–Trinajstić information content (AvgIpc) is 2.54. The highest BCUT2D eigenvalue weighted by Crippen LogP contribution is 2.20. The fourth-order valence-electron chi connectivity index (χ4n) is 3.00. The zero-order valence-electron chi connectivity index (χ0n) is 13.8. The fraction of sp³-hybridized carbons (Fsp3) is 0.706. The van der Waals surface area contributed by atoms with Crippen molar-refractivity contribution in [2.24, 2.45) is 5.92 Å². The molecule has 2 heterocycles. The van der Waals surface area contributed by atoms with Gasteiger partial charge < -0.3 is 10.1 Å². The SMILES string of the molecule is CCC(C)C1CN(Cc2ccc(OC)nc2)C(CC)CN1. The summed E-state index contributed by atoms with van der Waals surface area (Å²) in [6.45, 7) is 10.1. The maximum atomic E-state index is 5.13. The van der Waals surface area contributed by atoms with Crippen molar-refractivity contribution in [2.45, 2.75) is 52.2 Å². The first-order valence-electron chi connectivity index (χ1n) is 8.14. The molecule has 3 unspecified atom stereocenters. The van der Waals surface area contributed by atoms with Gasteiger partial charge in [0.25, 0.3) is 0 Å². The van der Waals surface area contributed by atoms with E-state index in [9.17, 15) is 0 Å². The van der Waals surface area contributed by atoms with Gasteiger partial charge >= 0.3 is 0 Å². The number of hydrogen-bond acceptors (Lipinski definition) is 4. The summed E-state index contributed by atoms with van der Waals surface area (Å²) in [4.78, 5) is 6.93. The Morgan fingerprint density at radius 3 is 2.81 bits per heavy atom. The molecule has 1 aromatic rings. The van der Waals surface area contributed by atoms with Crippen LogP contribution in [0.4, 0.5) is 0 Å². The van der Waals surface area contributed by atoms with Crippen LogP contribution >= 0.6 is 0 Å². The molecular formula is C17H29N3O. The van der Waals surface area contributed by atoms with Crippen LogP contribution in [0.2, 0.25) is 0 Å². The van der Waals surface area contributed by atoms with E-state index in [-0.39, 0.29) is 0 Å². The van der Waals surface area contributed by atoms with Crippen LogP contribution in [0.3, 0.4) is 0 Å². The minimum absolute atomic E-state index is 0.601. The van der Waals surface area contributed by atoms with Gasteiger partial charge in [0.1, 0.15) is 0 Å². The van der Waals surface area contributed by atoms with Gasteiger partial charge in [-0.25, -0.2) is 4.98 Å². The second-order valence-corrected chi connectivity index (χ2v) is 6.10. The molecule has 1 aliphatic heterocycles. The monoisotopic (exact) mass is 291 g/mol. The molecule has 2 rings (SSSR count). The maximum Gasteiger partial charge on any atom is 0.212 e. The Hall–Kier alpha value is -1.13. The van der Waals surface area contributed by atoms with Gasteiger partial charge in [-0.2, -0.15) is 0 Å². The molecular weight excluding hydrogens is 262 g/mol. The predicted octanol–water partition coefficient (Wildman–Crippen LogP) is 2.69. The van der Waals surface area contributed by atoms with E-state index in [1.165, 1.54) is 18.4 Å². The number of pyridine rings is 1. The molecule has 21 heavy (non-hydrogen) atoms. The molecule has 118 valence electrons. The van der Waals surface area contributed by atoms with E-state index >= 15 is 0 Å². The van der Waals surface area contributed by atoms with Crippen molar-refractivity contribution in [1.29, 1.82) is 0 Å². The van der Waals surface area contributed by atoms with Crippen molar-refractivity contribution >= 4 is 0 Å². The minimum atomic E-state index is 0.601. The summed E-state index contributed by atoms with van der Waals surface area (Å²) in [7, 11) is 1.65. The Balaban J connectivity index is 2.02. The molecule has 1 saturated heterocycles. The number of aromatic nitrogens is 1. The first kappa shape index (κ1) is 16.2. The Bertz CT molecular complexity index is 421. The van der Waals surface area contributed by atoms with E-state index < -0.39 is 0 Å². The van der Waals surface area contributed by atoms with Gasteiger partial charge in [0.2, 0.25) is 5.88 Å². The topological polar surface area (TPSA) is 37.4 Å². The van der Waals surface area contributed by atoms with Crippen LogP contribution in [0, 0.1) is 5.92 Å². The Morgan fingerprint density at radius 1 is 1.43 bits per heavy atom. The molecule has 0 spiro atoms. The van der Waals surface area contributed by atoms with Crippen molar-refractivity contribution in [2.75, 3.05) is 20.2 Å². The average molecular weight is 291 g/mol. The summed E-state index contributed by atoms with van der Waals surface area (Å²) in [5.41, 5.74) is 1.26. The lowest BCUT2D eigenvalue weighted by Crippen LogP contribution is -2.57. The van der Waals surface area contributed by atoms with Crippen LogP contribution in [-0.2, 0) is 6.54 Å². The van der Waals surface area contributed by atoms with Gasteiger partial charge in [-0.3, -0.25) is 4.90 Å². The van der Waals surface area contributed by atoms with Crippen molar-refractivity contribution in [3.8, 4) is 5.88 Å². The second-order valence-electron chi connectivity index (χ2n) is 6.10. The zero-order valence-corrected chi connectivity index (χ0v) is 13.8. The number of methoxy groups -OCH3 is 1. The van der Waals surface area contributed by atoms with Crippen LogP contribution < -0.4 is 10.1 Å². The Morgan fingerprint density at radius 2 is 2.24 bits per heavy atom. The number of nitrogens with one attached hydrogen (secondary N) is 1. The fourth-order valence-corrected chi connectivity index (χ4v) is 3.00. The van der Waals surface area contributed by atoms with Crippen LogP contribution in [0.15, 0.2) is 18.3 Å². The highest BCUT2D eigenvalue weighted by atomic mass is 16.5. The van der Waals surface area contributed by atoms with Crippen LogP contribution in [0.25, 0.3) is 0 Å². The van der Waals surface area contributed by atoms with Gasteiger partial charge in [-0.15, -0.1) is 0 Å². The first-order chi connectivity index (χ1) is 10.2. The first-order valence-corrected chi connectivity index (χ1v) is 8.14. The molecule has 4 nitrogen and oxygen atoms in total. The van der Waals surface area contributed by atoms with E-state index in [0.29, 0.717) is 18.0 Å². The minimum Gasteiger partial charge on any atom is -0.481 e. The molecule has 0 saturated carbocycles. The van der Waals surface area contributed by atoms with Gasteiger partial charge in [0.05, 0.1) is 7.11 Å². The van der Waals surface area contributed by atoms with Crippen molar-refractivity contribution in [1.82, 2.24) is 15.2 Å². The number of nitrogens with zero attached hydrogens (tertiary/aromatic N) is 2. The lowest BCUT2D eigenvalue weighted by Gasteiger charge is -2.42. The summed E-state index contributed by atoms with van der Waals surface area (Å²) in [6.07, 6.45) is 4.35. The number of ether oxygens (including phenoxy) is 1. The largest absolute Gasteiger partial charge is 0.481 e. The molecule has 0 aromatic carbocycles. The summed E-state index contributed by atoms with van der Waals surface area (Å²) in [5, 5.41) is 3.73. The summed E-state index contributed by atoms with van der Waals surface area (Å²) in [6, 6.07) is 5.29.